The van der Waals surface area contributed by atoms with Gasteiger partial charge >= 0.3 is 0 Å². The lowest BCUT2D eigenvalue weighted by Gasteiger charge is -2.27. The van der Waals surface area contributed by atoms with Gasteiger partial charge in [0.05, 0.1) is 16.3 Å². The molecule has 1 amide bonds. The van der Waals surface area contributed by atoms with E-state index in [4.69, 9.17) is 17.3 Å². The van der Waals surface area contributed by atoms with Gasteiger partial charge in [-0.3, -0.25) is 4.79 Å². The van der Waals surface area contributed by atoms with Gasteiger partial charge in [0, 0.05) is 12.6 Å². The number of nitrogen functional groups attached to an aromatic ring is 1. The van der Waals surface area contributed by atoms with E-state index in [0.29, 0.717) is 22.2 Å². The van der Waals surface area contributed by atoms with Crippen molar-refractivity contribution in [1.29, 1.82) is 0 Å². The average Bonchev–Trinajstić information content (AvgIpc) is 3.12. The third-order valence-electron chi connectivity index (χ3n) is 3.30. The van der Waals surface area contributed by atoms with E-state index in [0.717, 1.165) is 6.54 Å². The molecule has 1 aromatic rings. The van der Waals surface area contributed by atoms with E-state index in [-0.39, 0.29) is 11.9 Å². The average molecular weight is 267 g/mol. The summed E-state index contributed by atoms with van der Waals surface area (Å²) in [7, 11) is 0. The molecule has 0 bridgehead atoms. The normalized spacial score (nSPS) is 14.9. The molecule has 0 unspecified atom stereocenters. The van der Waals surface area contributed by atoms with Crippen LogP contribution in [0.3, 0.4) is 0 Å². The zero-order valence-corrected chi connectivity index (χ0v) is 11.6. The number of carbonyl (C=O) groups is 1. The third kappa shape index (κ3) is 2.78. The fourth-order valence-electron chi connectivity index (χ4n) is 1.98. The maximum Gasteiger partial charge on any atom is 0.255 e. The summed E-state index contributed by atoms with van der Waals surface area (Å²) in [5.41, 5.74) is 6.71. The molecule has 0 saturated heterocycles. The van der Waals surface area contributed by atoms with E-state index >= 15 is 0 Å². The summed E-state index contributed by atoms with van der Waals surface area (Å²) < 4.78 is 0. The predicted octanol–water partition coefficient (Wildman–Crippen LogP) is 3.18. The summed E-state index contributed by atoms with van der Waals surface area (Å²) in [5.74, 6) is 0.644. The van der Waals surface area contributed by atoms with Crippen molar-refractivity contribution in [2.45, 2.75) is 32.7 Å². The van der Waals surface area contributed by atoms with Gasteiger partial charge in [-0.05, 0) is 44.7 Å². The van der Waals surface area contributed by atoms with Gasteiger partial charge < -0.3 is 10.6 Å². The highest BCUT2D eigenvalue weighted by Gasteiger charge is 2.29. The smallest absolute Gasteiger partial charge is 0.255 e. The molecule has 2 N–H and O–H groups in total. The van der Waals surface area contributed by atoms with Crippen molar-refractivity contribution in [1.82, 2.24) is 4.90 Å². The van der Waals surface area contributed by atoms with Crippen LogP contribution in [0.4, 0.5) is 5.69 Å². The molecule has 0 atom stereocenters. The molecule has 1 aliphatic rings. The number of amides is 1. The van der Waals surface area contributed by atoms with Gasteiger partial charge in [-0.1, -0.05) is 17.7 Å². The number of halogens is 1. The van der Waals surface area contributed by atoms with Crippen molar-refractivity contribution in [3.8, 4) is 0 Å². The summed E-state index contributed by atoms with van der Waals surface area (Å²) in [6, 6.07) is 5.39. The minimum absolute atomic E-state index is 0.0193. The zero-order valence-electron chi connectivity index (χ0n) is 10.8. The van der Waals surface area contributed by atoms with Crippen LogP contribution in [0.25, 0.3) is 0 Å². The van der Waals surface area contributed by atoms with E-state index in [2.05, 4.69) is 0 Å². The lowest BCUT2D eigenvalue weighted by atomic mass is 10.1. The van der Waals surface area contributed by atoms with Crippen molar-refractivity contribution >= 4 is 23.2 Å². The topological polar surface area (TPSA) is 46.3 Å². The SMILES string of the molecule is CC(C)N(CC1CC1)C(=O)c1cccc(N)c1Cl. The standard InChI is InChI=1S/C14H19ClN2O/c1-9(2)17(8-10-6-7-10)14(18)11-4-3-5-12(16)13(11)15/h3-5,9-10H,6-8,16H2,1-2H3. The Labute approximate surface area is 113 Å². The fraction of sp³-hybridized carbons (Fsp3) is 0.500. The van der Waals surface area contributed by atoms with E-state index in [9.17, 15) is 4.79 Å². The molecule has 0 radical (unpaired) electrons. The summed E-state index contributed by atoms with van der Waals surface area (Å²) in [4.78, 5) is 14.4. The molecule has 2 rings (SSSR count). The second kappa shape index (κ2) is 5.19. The largest absolute Gasteiger partial charge is 0.398 e. The van der Waals surface area contributed by atoms with Crippen LogP contribution in [0.15, 0.2) is 18.2 Å². The summed E-state index contributed by atoms with van der Waals surface area (Å²) in [6.45, 7) is 4.88. The van der Waals surface area contributed by atoms with Gasteiger partial charge in [0.25, 0.3) is 5.91 Å². The van der Waals surface area contributed by atoms with Crippen LogP contribution < -0.4 is 5.73 Å². The quantitative estimate of drug-likeness (QED) is 0.851. The molecule has 0 heterocycles. The predicted molar refractivity (Wildman–Crippen MR) is 74.8 cm³/mol. The van der Waals surface area contributed by atoms with E-state index in [1.165, 1.54) is 12.8 Å². The molecule has 1 saturated carbocycles. The summed E-state index contributed by atoms with van der Waals surface area (Å²) in [5, 5.41) is 0.365. The Morgan fingerprint density at radius 1 is 1.50 bits per heavy atom. The van der Waals surface area contributed by atoms with E-state index in [1.54, 1.807) is 18.2 Å². The summed E-state index contributed by atoms with van der Waals surface area (Å²) in [6.07, 6.45) is 2.45. The molecular formula is C14H19ClN2O. The van der Waals surface area contributed by atoms with Gasteiger partial charge in [-0.2, -0.15) is 0 Å². The molecule has 18 heavy (non-hydrogen) atoms. The first-order chi connectivity index (χ1) is 8.50. The Hall–Kier alpha value is -1.22. The number of carbonyl (C=O) groups excluding carboxylic acids is 1. The Morgan fingerprint density at radius 2 is 2.17 bits per heavy atom. The minimum Gasteiger partial charge on any atom is -0.398 e. The van der Waals surface area contributed by atoms with Gasteiger partial charge in [0.15, 0.2) is 0 Å². The van der Waals surface area contributed by atoms with Gasteiger partial charge in [0.2, 0.25) is 0 Å². The van der Waals surface area contributed by atoms with Crippen LogP contribution in [0.5, 0.6) is 0 Å². The number of rotatable bonds is 4. The monoisotopic (exact) mass is 266 g/mol. The first kappa shape index (κ1) is 13.2. The molecular weight excluding hydrogens is 248 g/mol. The Morgan fingerprint density at radius 3 is 2.72 bits per heavy atom. The van der Waals surface area contributed by atoms with Crippen LogP contribution in [-0.2, 0) is 0 Å². The maximum absolute atomic E-state index is 12.5. The maximum atomic E-state index is 12.5. The zero-order chi connectivity index (χ0) is 13.3. The second-order valence-electron chi connectivity index (χ2n) is 5.20. The number of benzene rings is 1. The molecule has 0 aliphatic heterocycles. The molecule has 4 heteroatoms. The van der Waals surface area contributed by atoms with Crippen molar-refractivity contribution in [2.24, 2.45) is 5.92 Å². The van der Waals surface area contributed by atoms with Gasteiger partial charge in [0.1, 0.15) is 0 Å². The second-order valence-corrected chi connectivity index (χ2v) is 5.58. The highest BCUT2D eigenvalue weighted by molar-refractivity contribution is 6.36. The molecule has 1 aliphatic carbocycles. The highest BCUT2D eigenvalue weighted by Crippen LogP contribution is 2.32. The molecule has 0 aromatic heterocycles. The van der Waals surface area contributed by atoms with Crippen molar-refractivity contribution in [3.05, 3.63) is 28.8 Å². The van der Waals surface area contributed by atoms with Gasteiger partial charge in [-0.25, -0.2) is 0 Å². The number of hydrogen-bond donors (Lipinski definition) is 1. The van der Waals surface area contributed by atoms with Crippen LogP contribution in [0, 0.1) is 5.92 Å². The molecule has 0 spiro atoms. The Bertz CT molecular complexity index is 455. The lowest BCUT2D eigenvalue weighted by molar-refractivity contribution is 0.0696. The van der Waals surface area contributed by atoms with Crippen molar-refractivity contribution < 1.29 is 4.79 Å². The summed E-state index contributed by atoms with van der Waals surface area (Å²) >= 11 is 6.12. The first-order valence-electron chi connectivity index (χ1n) is 6.35. The Balaban J connectivity index is 2.23. The van der Waals surface area contributed by atoms with Gasteiger partial charge in [-0.15, -0.1) is 0 Å². The number of nitrogens with two attached hydrogens (primary N) is 1. The number of nitrogens with zero attached hydrogens (tertiary/aromatic N) is 1. The third-order valence-corrected chi connectivity index (χ3v) is 3.72. The van der Waals surface area contributed by atoms with E-state index < -0.39 is 0 Å². The molecule has 98 valence electrons. The number of anilines is 1. The Kier molecular flexibility index (Phi) is 3.81. The number of hydrogen-bond acceptors (Lipinski definition) is 2. The first-order valence-corrected chi connectivity index (χ1v) is 6.73. The highest BCUT2D eigenvalue weighted by atomic mass is 35.5. The molecule has 1 fully saturated rings. The van der Waals surface area contributed by atoms with Crippen LogP contribution >= 0.6 is 11.6 Å². The molecule has 1 aromatic carbocycles. The minimum atomic E-state index is -0.0193. The van der Waals surface area contributed by atoms with Crippen LogP contribution in [0.2, 0.25) is 5.02 Å². The fourth-order valence-corrected chi connectivity index (χ4v) is 2.18. The molecule has 3 nitrogen and oxygen atoms in total. The van der Waals surface area contributed by atoms with Crippen molar-refractivity contribution in [3.63, 3.8) is 0 Å². The van der Waals surface area contributed by atoms with E-state index in [1.807, 2.05) is 18.7 Å². The van der Waals surface area contributed by atoms with Crippen LogP contribution in [0.1, 0.15) is 37.0 Å². The lowest BCUT2D eigenvalue weighted by Crippen LogP contribution is -2.38. The van der Waals surface area contributed by atoms with Crippen molar-refractivity contribution in [2.75, 3.05) is 12.3 Å². The van der Waals surface area contributed by atoms with Crippen LogP contribution in [-0.4, -0.2) is 23.4 Å².